The van der Waals surface area contributed by atoms with Crippen LogP contribution >= 0.6 is 0 Å². The summed E-state index contributed by atoms with van der Waals surface area (Å²) in [4.78, 5) is 60.8. The SMILES string of the molecule is O=CCCOOCCOCOc1cc(COc2ccc3c(c2)N=C[C@@H]2Cc4ccccc4N2C3=O)cc(COc2ccc3c(c2)N=C[C@@H]2Cc4ccccc4N2C3=O)c1. The fraction of sp³-hybridized carbons (Fsp3) is 0.239. The van der Waals surface area contributed by atoms with Gasteiger partial charge in [0.15, 0.2) is 6.79 Å². The van der Waals surface area contributed by atoms with E-state index in [-0.39, 0.29) is 70.1 Å². The number of hydrogen-bond acceptors (Lipinski definition) is 11. The van der Waals surface area contributed by atoms with E-state index in [2.05, 4.69) is 0 Å². The molecule has 59 heavy (non-hydrogen) atoms. The van der Waals surface area contributed by atoms with Gasteiger partial charge in [0.1, 0.15) is 43.4 Å². The summed E-state index contributed by atoms with van der Waals surface area (Å²) >= 11 is 0. The standard InChI is InChI=1S/C46H40N4O9/c51-14-5-15-58-59-17-16-54-29-57-38-19-30(27-55-36-10-12-39-41(23-36)47-25-34-21-32-6-1-3-8-43(32)49(34)45(39)52)18-31(20-38)28-56-37-11-13-40-42(24-37)48-26-35-22-33-7-2-4-9-44(33)50(35)46(40)53/h1-4,6-14,18-20,23-26,34-35H,5,15-17,21-22,27-29H2/t34-,35-/m0/s1. The Kier molecular flexibility index (Phi) is 10.9. The lowest BCUT2D eigenvalue weighted by atomic mass is 10.1. The van der Waals surface area contributed by atoms with Crippen LogP contribution in [0.4, 0.5) is 22.7 Å². The van der Waals surface area contributed by atoms with Gasteiger partial charge in [-0.15, -0.1) is 0 Å². The van der Waals surface area contributed by atoms with E-state index >= 15 is 0 Å². The van der Waals surface area contributed by atoms with Gasteiger partial charge in [0, 0.05) is 55.2 Å². The molecule has 4 aliphatic rings. The number of carbonyl (C=O) groups excluding carboxylic acids is 3. The Morgan fingerprint density at radius 1 is 0.593 bits per heavy atom. The minimum Gasteiger partial charge on any atom is -0.489 e. The molecule has 2 amide bonds. The zero-order valence-electron chi connectivity index (χ0n) is 32.0. The third-order valence-corrected chi connectivity index (χ3v) is 10.5. The van der Waals surface area contributed by atoms with Crippen LogP contribution in [0, 0.1) is 0 Å². The first kappa shape index (κ1) is 37.9. The molecule has 4 aliphatic heterocycles. The summed E-state index contributed by atoms with van der Waals surface area (Å²) in [5, 5.41) is 0. The minimum atomic E-state index is -0.143. The minimum absolute atomic E-state index is 0.0546. The van der Waals surface area contributed by atoms with Crippen molar-refractivity contribution in [2.75, 3.05) is 36.4 Å². The first-order valence-corrected chi connectivity index (χ1v) is 19.5. The van der Waals surface area contributed by atoms with Crippen LogP contribution in [0.2, 0.25) is 0 Å². The van der Waals surface area contributed by atoms with Gasteiger partial charge >= 0.3 is 0 Å². The molecule has 0 fully saturated rings. The fourth-order valence-corrected chi connectivity index (χ4v) is 7.74. The van der Waals surface area contributed by atoms with Crippen LogP contribution in [0.15, 0.2) is 113 Å². The highest BCUT2D eigenvalue weighted by Crippen LogP contribution is 2.39. The monoisotopic (exact) mass is 792 g/mol. The number of aliphatic imine (C=N–C) groups is 2. The van der Waals surface area contributed by atoms with Gasteiger partial charge in [-0.2, -0.15) is 0 Å². The summed E-state index contributed by atoms with van der Waals surface area (Å²) < 4.78 is 24.1. The van der Waals surface area contributed by atoms with Gasteiger partial charge in [0.05, 0.1) is 47.8 Å². The largest absolute Gasteiger partial charge is 0.489 e. The molecule has 0 aliphatic carbocycles. The molecule has 0 saturated heterocycles. The van der Waals surface area contributed by atoms with Gasteiger partial charge in [-0.25, -0.2) is 9.78 Å². The van der Waals surface area contributed by atoms with Crippen LogP contribution in [0.1, 0.15) is 49.4 Å². The van der Waals surface area contributed by atoms with Gasteiger partial charge in [-0.3, -0.25) is 29.4 Å². The molecule has 5 aromatic rings. The molecule has 0 radical (unpaired) electrons. The molecule has 5 aromatic carbocycles. The normalized spacial score (nSPS) is 16.9. The Morgan fingerprint density at radius 3 is 1.69 bits per heavy atom. The van der Waals surface area contributed by atoms with Crippen molar-refractivity contribution in [1.29, 1.82) is 0 Å². The first-order valence-electron chi connectivity index (χ1n) is 19.5. The highest BCUT2D eigenvalue weighted by atomic mass is 17.2. The Labute approximate surface area is 340 Å². The quantitative estimate of drug-likeness (QED) is 0.0331. The number of fused-ring (bicyclic) bond motifs is 8. The molecular formula is C46H40N4O9. The summed E-state index contributed by atoms with van der Waals surface area (Å²) in [6.07, 6.45) is 6.12. The number of anilines is 2. The van der Waals surface area contributed by atoms with Gasteiger partial charge in [0.25, 0.3) is 11.8 Å². The molecule has 0 bridgehead atoms. The molecule has 0 unspecified atom stereocenters. The fourth-order valence-electron chi connectivity index (χ4n) is 7.74. The van der Waals surface area contributed by atoms with Crippen molar-refractivity contribution >= 4 is 53.3 Å². The zero-order chi connectivity index (χ0) is 40.1. The average molecular weight is 793 g/mol. The second-order valence-electron chi connectivity index (χ2n) is 14.4. The van der Waals surface area contributed by atoms with E-state index in [1.165, 1.54) is 0 Å². The summed E-state index contributed by atoms with van der Waals surface area (Å²) in [6.45, 7) is 0.872. The smallest absolute Gasteiger partial charge is 0.261 e. The summed E-state index contributed by atoms with van der Waals surface area (Å²) in [7, 11) is 0. The maximum absolute atomic E-state index is 13.7. The van der Waals surface area contributed by atoms with Gasteiger partial charge in [-0.05, 0) is 76.9 Å². The van der Waals surface area contributed by atoms with Crippen LogP contribution in [-0.2, 0) is 45.4 Å². The van der Waals surface area contributed by atoms with Crippen LogP contribution in [0.25, 0.3) is 0 Å². The van der Waals surface area contributed by atoms with Gasteiger partial charge in [0.2, 0.25) is 0 Å². The molecule has 2 atom stereocenters. The molecule has 13 nitrogen and oxygen atoms in total. The predicted molar refractivity (Wildman–Crippen MR) is 220 cm³/mol. The third kappa shape index (κ3) is 8.08. The van der Waals surface area contributed by atoms with Crippen molar-refractivity contribution in [3.63, 3.8) is 0 Å². The van der Waals surface area contributed by atoms with Gasteiger partial charge < -0.3 is 23.7 Å². The van der Waals surface area contributed by atoms with Crippen molar-refractivity contribution in [3.05, 3.63) is 137 Å². The maximum Gasteiger partial charge on any atom is 0.261 e. The first-order chi connectivity index (χ1) is 29.0. The molecule has 13 heteroatoms. The van der Waals surface area contributed by atoms with Crippen LogP contribution in [0.3, 0.4) is 0 Å². The number of carbonyl (C=O) groups is 3. The van der Waals surface area contributed by atoms with Crippen molar-refractivity contribution in [1.82, 2.24) is 0 Å². The Bertz CT molecular complexity index is 2310. The summed E-state index contributed by atoms with van der Waals surface area (Å²) in [5.74, 6) is 1.47. The predicted octanol–water partition coefficient (Wildman–Crippen LogP) is 7.31. The summed E-state index contributed by atoms with van der Waals surface area (Å²) in [6, 6.07) is 32.0. The number of hydrogen-bond donors (Lipinski definition) is 0. The molecule has 0 N–H and O–H groups in total. The Balaban J connectivity index is 0.884. The number of para-hydroxylation sites is 2. The average Bonchev–Trinajstić information content (AvgIpc) is 3.75. The van der Waals surface area contributed by atoms with E-state index in [4.69, 9.17) is 38.7 Å². The van der Waals surface area contributed by atoms with Gasteiger partial charge in [-0.1, -0.05) is 36.4 Å². The lowest BCUT2D eigenvalue weighted by molar-refractivity contribution is -0.299. The molecule has 0 aromatic heterocycles. The maximum atomic E-state index is 13.7. The van der Waals surface area contributed by atoms with Crippen molar-refractivity contribution in [2.45, 2.75) is 44.6 Å². The van der Waals surface area contributed by atoms with Crippen molar-refractivity contribution in [2.24, 2.45) is 9.98 Å². The van der Waals surface area contributed by atoms with E-state index in [1.807, 2.05) is 89.0 Å². The number of benzene rings is 5. The second kappa shape index (κ2) is 17.0. The van der Waals surface area contributed by atoms with Crippen LogP contribution in [0.5, 0.6) is 17.2 Å². The van der Waals surface area contributed by atoms with Crippen LogP contribution in [-0.4, -0.2) is 69.2 Å². The number of amides is 2. The zero-order valence-corrected chi connectivity index (χ0v) is 32.0. The number of aldehydes is 1. The number of ether oxygens (including phenoxy) is 4. The van der Waals surface area contributed by atoms with E-state index < -0.39 is 0 Å². The van der Waals surface area contributed by atoms with Crippen molar-refractivity contribution < 1.29 is 43.1 Å². The molecular weight excluding hydrogens is 753 g/mol. The topological polar surface area (TPSA) is 138 Å². The highest BCUT2D eigenvalue weighted by Gasteiger charge is 2.37. The lowest BCUT2D eigenvalue weighted by Crippen LogP contribution is -2.37. The molecule has 298 valence electrons. The molecule has 9 rings (SSSR count). The van der Waals surface area contributed by atoms with E-state index in [9.17, 15) is 14.4 Å². The highest BCUT2D eigenvalue weighted by molar-refractivity contribution is 6.15. The van der Waals surface area contributed by atoms with E-state index in [0.717, 1.165) is 52.8 Å². The number of rotatable bonds is 16. The lowest BCUT2D eigenvalue weighted by Gasteiger charge is -2.21. The second-order valence-corrected chi connectivity index (χ2v) is 14.4. The van der Waals surface area contributed by atoms with E-state index in [1.54, 1.807) is 36.4 Å². The van der Waals surface area contributed by atoms with E-state index in [0.29, 0.717) is 39.8 Å². The Hall–Kier alpha value is -6.67. The molecule has 4 heterocycles. The van der Waals surface area contributed by atoms with Crippen LogP contribution < -0.4 is 24.0 Å². The third-order valence-electron chi connectivity index (χ3n) is 10.5. The van der Waals surface area contributed by atoms with Crippen molar-refractivity contribution in [3.8, 4) is 17.2 Å². The summed E-state index contributed by atoms with van der Waals surface area (Å²) in [5.41, 5.74) is 7.83. The Morgan fingerprint density at radius 2 is 1.14 bits per heavy atom. The number of nitrogens with zero attached hydrogens (tertiary/aromatic N) is 4. The molecule has 0 saturated carbocycles. The molecule has 0 spiro atoms.